The molecule has 0 spiro atoms. The van der Waals surface area contributed by atoms with Gasteiger partial charge in [-0.3, -0.25) is 9.88 Å². The van der Waals surface area contributed by atoms with E-state index in [-0.39, 0.29) is 0 Å². The minimum atomic E-state index is 0.516. The molecule has 4 nitrogen and oxygen atoms in total. The minimum absolute atomic E-state index is 0.516. The normalized spacial score (nSPS) is 17.8. The second-order valence-corrected chi connectivity index (χ2v) is 6.66. The molecule has 0 saturated carbocycles. The van der Waals surface area contributed by atoms with Crippen molar-refractivity contribution in [1.82, 2.24) is 20.1 Å². The molecule has 2 rings (SSSR count). The Hall–Kier alpha value is -0.970. The van der Waals surface area contributed by atoms with Gasteiger partial charge in [0.2, 0.25) is 0 Å². The molecule has 1 saturated heterocycles. The van der Waals surface area contributed by atoms with Crippen LogP contribution >= 0.6 is 0 Å². The molecule has 0 unspecified atom stereocenters. The quantitative estimate of drug-likeness (QED) is 0.869. The van der Waals surface area contributed by atoms with Crippen molar-refractivity contribution in [1.29, 1.82) is 0 Å². The zero-order valence-electron chi connectivity index (χ0n) is 14.0. The number of hydrogen-bond donors (Lipinski definition) is 1. The Bertz CT molecular complexity index is 405. The third-order valence-corrected chi connectivity index (χ3v) is 4.27. The molecule has 0 atom stereocenters. The molecule has 1 aromatic rings. The van der Waals surface area contributed by atoms with Gasteiger partial charge in [-0.25, -0.2) is 0 Å². The largest absolute Gasteiger partial charge is 0.310 e. The summed E-state index contributed by atoms with van der Waals surface area (Å²) in [6.45, 7) is 8.58. The minimum Gasteiger partial charge on any atom is -0.310 e. The first-order valence-electron chi connectivity index (χ1n) is 8.10. The fourth-order valence-electron chi connectivity index (χ4n) is 2.80. The summed E-state index contributed by atoms with van der Waals surface area (Å²) in [4.78, 5) is 9.49. The summed E-state index contributed by atoms with van der Waals surface area (Å²) in [6, 6.07) is 5.64. The van der Waals surface area contributed by atoms with Crippen LogP contribution in [0.3, 0.4) is 0 Å². The molecule has 2 heterocycles. The Morgan fingerprint density at radius 1 is 1.29 bits per heavy atom. The van der Waals surface area contributed by atoms with Crippen LogP contribution in [-0.2, 0) is 13.1 Å². The molecule has 4 heteroatoms. The molecule has 1 aliphatic heterocycles. The Kier molecular flexibility index (Phi) is 6.15. The maximum atomic E-state index is 4.61. The van der Waals surface area contributed by atoms with Crippen molar-refractivity contribution in [2.75, 3.05) is 27.2 Å². The van der Waals surface area contributed by atoms with E-state index in [4.69, 9.17) is 0 Å². The topological polar surface area (TPSA) is 31.4 Å². The van der Waals surface area contributed by atoms with Gasteiger partial charge in [-0.05, 0) is 38.6 Å². The van der Waals surface area contributed by atoms with Gasteiger partial charge < -0.3 is 10.2 Å². The number of nitrogens with one attached hydrogen (secondary N) is 1. The Balaban J connectivity index is 1.78. The van der Waals surface area contributed by atoms with Crippen LogP contribution in [0.5, 0.6) is 0 Å². The van der Waals surface area contributed by atoms with Gasteiger partial charge >= 0.3 is 0 Å². The number of nitrogens with zero attached hydrogens (tertiary/aromatic N) is 3. The molecule has 1 aliphatic rings. The molecule has 1 N–H and O–H groups in total. The summed E-state index contributed by atoms with van der Waals surface area (Å²) >= 11 is 0. The highest BCUT2D eigenvalue weighted by Crippen LogP contribution is 2.16. The van der Waals surface area contributed by atoms with E-state index in [9.17, 15) is 0 Å². The molecule has 0 amide bonds. The lowest BCUT2D eigenvalue weighted by Gasteiger charge is -2.34. The Labute approximate surface area is 129 Å². The Morgan fingerprint density at radius 3 is 2.52 bits per heavy atom. The molecule has 0 aliphatic carbocycles. The van der Waals surface area contributed by atoms with Crippen LogP contribution in [0.15, 0.2) is 18.3 Å². The van der Waals surface area contributed by atoms with Gasteiger partial charge in [0.15, 0.2) is 0 Å². The number of hydrogen-bond acceptors (Lipinski definition) is 4. The second kappa shape index (κ2) is 7.87. The van der Waals surface area contributed by atoms with Crippen LogP contribution in [0, 0.1) is 0 Å². The van der Waals surface area contributed by atoms with Gasteiger partial charge in [0.1, 0.15) is 0 Å². The lowest BCUT2D eigenvalue weighted by molar-refractivity contribution is 0.139. The predicted molar refractivity (Wildman–Crippen MR) is 88.2 cm³/mol. The number of likely N-dealkylation sites (tertiary alicyclic amines) is 1. The van der Waals surface area contributed by atoms with Crippen molar-refractivity contribution in [2.24, 2.45) is 0 Å². The smallest absolute Gasteiger partial charge is 0.0544 e. The third kappa shape index (κ3) is 5.38. The van der Waals surface area contributed by atoms with Crippen molar-refractivity contribution in [3.8, 4) is 0 Å². The van der Waals surface area contributed by atoms with E-state index in [1.54, 1.807) is 0 Å². The van der Waals surface area contributed by atoms with Crippen molar-refractivity contribution in [3.63, 3.8) is 0 Å². The van der Waals surface area contributed by atoms with Crippen LogP contribution < -0.4 is 5.32 Å². The summed E-state index contributed by atoms with van der Waals surface area (Å²) in [6.07, 6.45) is 4.55. The fraction of sp³-hybridized carbons (Fsp3) is 0.706. The highest BCUT2D eigenvalue weighted by molar-refractivity contribution is 5.14. The molecule has 0 aromatic carbocycles. The maximum absolute atomic E-state index is 4.61. The van der Waals surface area contributed by atoms with E-state index >= 15 is 0 Å². The third-order valence-electron chi connectivity index (χ3n) is 4.27. The van der Waals surface area contributed by atoms with E-state index in [1.807, 2.05) is 6.20 Å². The standard InChI is InChI=1S/C17H30N4/c1-14(2)18-11-15-5-6-16(19-12-15)13-21-9-7-17(8-10-21)20(3)4/h5-6,12,14,17-18H,7-11,13H2,1-4H3. The molecular formula is C17H30N4. The fourth-order valence-corrected chi connectivity index (χ4v) is 2.80. The maximum Gasteiger partial charge on any atom is 0.0544 e. The monoisotopic (exact) mass is 290 g/mol. The van der Waals surface area contributed by atoms with E-state index in [1.165, 1.54) is 37.2 Å². The van der Waals surface area contributed by atoms with Crippen LogP contribution in [0.2, 0.25) is 0 Å². The molecule has 1 fully saturated rings. The molecule has 0 bridgehead atoms. The average Bonchev–Trinajstić information content (AvgIpc) is 2.47. The van der Waals surface area contributed by atoms with Crippen LogP contribution in [0.4, 0.5) is 0 Å². The van der Waals surface area contributed by atoms with Gasteiger partial charge in [-0.1, -0.05) is 19.9 Å². The van der Waals surface area contributed by atoms with Gasteiger partial charge in [-0.2, -0.15) is 0 Å². The Morgan fingerprint density at radius 2 is 2.00 bits per heavy atom. The first kappa shape index (κ1) is 16.4. The molecule has 118 valence electrons. The lowest BCUT2D eigenvalue weighted by atomic mass is 10.0. The van der Waals surface area contributed by atoms with Crippen LogP contribution in [0.1, 0.15) is 37.9 Å². The lowest BCUT2D eigenvalue weighted by Crippen LogP contribution is -2.41. The van der Waals surface area contributed by atoms with Crippen LogP contribution in [-0.4, -0.2) is 54.1 Å². The summed E-state index contributed by atoms with van der Waals surface area (Å²) in [7, 11) is 4.37. The first-order chi connectivity index (χ1) is 10.0. The molecule has 1 aromatic heterocycles. The number of pyridine rings is 1. The molecular weight excluding hydrogens is 260 g/mol. The van der Waals surface area contributed by atoms with Crippen molar-refractivity contribution < 1.29 is 0 Å². The molecule has 0 radical (unpaired) electrons. The zero-order valence-corrected chi connectivity index (χ0v) is 14.0. The highest BCUT2D eigenvalue weighted by atomic mass is 15.2. The van der Waals surface area contributed by atoms with Crippen molar-refractivity contribution in [3.05, 3.63) is 29.6 Å². The van der Waals surface area contributed by atoms with Gasteiger partial charge in [0.25, 0.3) is 0 Å². The van der Waals surface area contributed by atoms with Crippen LogP contribution in [0.25, 0.3) is 0 Å². The SMILES string of the molecule is CC(C)NCc1ccc(CN2CCC(N(C)C)CC2)nc1. The predicted octanol–water partition coefficient (Wildman–Crippen LogP) is 2.11. The van der Waals surface area contributed by atoms with E-state index in [0.29, 0.717) is 6.04 Å². The zero-order chi connectivity index (χ0) is 15.2. The van der Waals surface area contributed by atoms with Gasteiger partial charge in [0.05, 0.1) is 5.69 Å². The van der Waals surface area contributed by atoms with Crippen molar-refractivity contribution in [2.45, 2.75) is 51.9 Å². The van der Waals surface area contributed by atoms with E-state index in [2.05, 4.69) is 60.2 Å². The number of rotatable bonds is 6. The van der Waals surface area contributed by atoms with Gasteiger partial charge in [0, 0.05) is 44.5 Å². The summed E-state index contributed by atoms with van der Waals surface area (Å²) in [5.74, 6) is 0. The van der Waals surface area contributed by atoms with Crippen molar-refractivity contribution >= 4 is 0 Å². The average molecular weight is 290 g/mol. The second-order valence-electron chi connectivity index (χ2n) is 6.66. The number of piperidine rings is 1. The van der Waals surface area contributed by atoms with E-state index < -0.39 is 0 Å². The van der Waals surface area contributed by atoms with E-state index in [0.717, 1.165) is 19.1 Å². The molecule has 21 heavy (non-hydrogen) atoms. The summed E-state index contributed by atoms with van der Waals surface area (Å²) in [5.41, 5.74) is 2.45. The number of aromatic nitrogens is 1. The van der Waals surface area contributed by atoms with Gasteiger partial charge in [-0.15, -0.1) is 0 Å². The highest BCUT2D eigenvalue weighted by Gasteiger charge is 2.20. The first-order valence-corrected chi connectivity index (χ1v) is 8.10. The summed E-state index contributed by atoms with van der Waals surface area (Å²) < 4.78 is 0. The summed E-state index contributed by atoms with van der Waals surface area (Å²) in [5, 5.41) is 3.42.